The Morgan fingerprint density at radius 3 is 2.89 bits per heavy atom. The van der Waals surface area contributed by atoms with Crippen LogP contribution in [0.15, 0.2) is 18.5 Å². The molecule has 0 saturated heterocycles. The first kappa shape index (κ1) is 11.4. The molecule has 1 aliphatic carbocycles. The van der Waals surface area contributed by atoms with Gasteiger partial charge in [0.25, 0.3) is 0 Å². The molecule has 0 amide bonds. The van der Waals surface area contributed by atoms with E-state index >= 15 is 0 Å². The molecule has 1 unspecified atom stereocenters. The molecule has 1 saturated carbocycles. The molecule has 5 nitrogen and oxygen atoms in total. The van der Waals surface area contributed by atoms with Crippen molar-refractivity contribution in [3.63, 3.8) is 0 Å². The van der Waals surface area contributed by atoms with Crippen LogP contribution in [-0.4, -0.2) is 25.0 Å². The van der Waals surface area contributed by atoms with Crippen molar-refractivity contribution >= 4 is 0 Å². The summed E-state index contributed by atoms with van der Waals surface area (Å²) >= 11 is 0. The van der Waals surface area contributed by atoms with Gasteiger partial charge in [-0.2, -0.15) is 10.2 Å². The quantitative estimate of drug-likeness (QED) is 0.904. The highest BCUT2D eigenvalue weighted by atomic mass is 15.3. The number of hydrogen-bond donors (Lipinski definition) is 1. The Balaban J connectivity index is 1.76. The van der Waals surface area contributed by atoms with Gasteiger partial charge in [-0.25, -0.2) is 4.98 Å². The molecule has 2 aromatic heterocycles. The molecule has 0 spiro atoms. The average Bonchev–Trinajstić information content (AvgIpc) is 3.10. The average molecular weight is 245 g/mol. The third-order valence-electron chi connectivity index (χ3n) is 3.81. The summed E-state index contributed by atoms with van der Waals surface area (Å²) in [6.45, 7) is 2.07. The second-order valence-electron chi connectivity index (χ2n) is 5.08. The Morgan fingerprint density at radius 2 is 2.17 bits per heavy atom. The summed E-state index contributed by atoms with van der Waals surface area (Å²) in [5, 5.41) is 11.7. The maximum atomic E-state index is 4.66. The summed E-state index contributed by atoms with van der Waals surface area (Å²) in [4.78, 5) is 4.66. The minimum absolute atomic E-state index is 0.0913. The predicted octanol–water partition coefficient (Wildman–Crippen LogP) is 2.66. The Hall–Kier alpha value is -1.65. The molecule has 1 N–H and O–H groups in total. The van der Waals surface area contributed by atoms with Crippen LogP contribution in [-0.2, 0) is 0 Å². The van der Waals surface area contributed by atoms with E-state index in [1.165, 1.54) is 32.1 Å². The largest absolute Gasteiger partial charge is 0.263 e. The number of rotatable bonds is 3. The SMILES string of the molecule is CC(c1n[nH]c(C2CCCCC2)n1)n1cccn1. The van der Waals surface area contributed by atoms with E-state index in [1.807, 2.05) is 16.9 Å². The first-order valence-electron chi connectivity index (χ1n) is 6.76. The molecule has 1 aliphatic rings. The fourth-order valence-electron chi connectivity index (χ4n) is 2.66. The van der Waals surface area contributed by atoms with Crippen LogP contribution >= 0.6 is 0 Å². The molecule has 5 heteroatoms. The van der Waals surface area contributed by atoms with E-state index in [4.69, 9.17) is 0 Å². The van der Waals surface area contributed by atoms with Crippen molar-refractivity contribution in [2.24, 2.45) is 0 Å². The third-order valence-corrected chi connectivity index (χ3v) is 3.81. The molecule has 2 aromatic rings. The van der Waals surface area contributed by atoms with Crippen molar-refractivity contribution in [2.75, 3.05) is 0 Å². The van der Waals surface area contributed by atoms with E-state index in [9.17, 15) is 0 Å². The van der Waals surface area contributed by atoms with Gasteiger partial charge in [0.05, 0.1) is 0 Å². The number of H-pyrrole nitrogens is 1. The molecule has 0 aliphatic heterocycles. The molecule has 0 aromatic carbocycles. The van der Waals surface area contributed by atoms with Crippen LogP contribution in [0, 0.1) is 0 Å². The molecule has 0 bridgehead atoms. The van der Waals surface area contributed by atoms with Crippen LogP contribution in [0.1, 0.15) is 62.6 Å². The Labute approximate surface area is 107 Å². The minimum Gasteiger partial charge on any atom is -0.263 e. The lowest BCUT2D eigenvalue weighted by atomic mass is 9.89. The van der Waals surface area contributed by atoms with Gasteiger partial charge in [-0.1, -0.05) is 19.3 Å². The van der Waals surface area contributed by atoms with E-state index in [0.717, 1.165) is 11.6 Å². The highest BCUT2D eigenvalue weighted by molar-refractivity contribution is 5.03. The molecule has 18 heavy (non-hydrogen) atoms. The van der Waals surface area contributed by atoms with Crippen molar-refractivity contribution < 1.29 is 0 Å². The number of aromatic amines is 1. The number of nitrogens with one attached hydrogen (secondary N) is 1. The van der Waals surface area contributed by atoms with Gasteiger partial charge >= 0.3 is 0 Å². The Bertz CT molecular complexity index is 481. The Morgan fingerprint density at radius 1 is 1.33 bits per heavy atom. The highest BCUT2D eigenvalue weighted by Gasteiger charge is 2.21. The topological polar surface area (TPSA) is 59.4 Å². The lowest BCUT2D eigenvalue weighted by molar-refractivity contribution is 0.429. The van der Waals surface area contributed by atoms with Crippen LogP contribution in [0.3, 0.4) is 0 Å². The van der Waals surface area contributed by atoms with E-state index in [0.29, 0.717) is 5.92 Å². The molecule has 3 rings (SSSR count). The van der Waals surface area contributed by atoms with Gasteiger partial charge in [0.1, 0.15) is 11.9 Å². The summed E-state index contributed by atoms with van der Waals surface area (Å²) < 4.78 is 1.88. The smallest absolute Gasteiger partial charge is 0.174 e. The number of aromatic nitrogens is 5. The zero-order valence-electron chi connectivity index (χ0n) is 10.7. The summed E-state index contributed by atoms with van der Waals surface area (Å²) in [5.74, 6) is 2.47. The summed E-state index contributed by atoms with van der Waals surface area (Å²) in [6.07, 6.45) is 10.2. The van der Waals surface area contributed by atoms with E-state index in [1.54, 1.807) is 6.20 Å². The van der Waals surface area contributed by atoms with Gasteiger partial charge in [-0.15, -0.1) is 0 Å². The fourth-order valence-corrected chi connectivity index (χ4v) is 2.66. The van der Waals surface area contributed by atoms with Crippen molar-refractivity contribution in [3.05, 3.63) is 30.1 Å². The highest BCUT2D eigenvalue weighted by Crippen LogP contribution is 2.30. The van der Waals surface area contributed by atoms with Crippen LogP contribution in [0.25, 0.3) is 0 Å². The van der Waals surface area contributed by atoms with Crippen molar-refractivity contribution in [1.82, 2.24) is 25.0 Å². The molecule has 1 atom stereocenters. The Kier molecular flexibility index (Phi) is 3.13. The van der Waals surface area contributed by atoms with Crippen LogP contribution in [0.4, 0.5) is 0 Å². The van der Waals surface area contributed by atoms with Gasteiger partial charge in [-0.05, 0) is 25.8 Å². The van der Waals surface area contributed by atoms with Crippen molar-refractivity contribution in [3.8, 4) is 0 Å². The van der Waals surface area contributed by atoms with E-state index in [2.05, 4.69) is 27.2 Å². The van der Waals surface area contributed by atoms with Gasteiger partial charge < -0.3 is 0 Å². The maximum Gasteiger partial charge on any atom is 0.174 e. The van der Waals surface area contributed by atoms with Crippen LogP contribution < -0.4 is 0 Å². The third kappa shape index (κ3) is 2.17. The molecule has 2 heterocycles. The van der Waals surface area contributed by atoms with Gasteiger partial charge in [0, 0.05) is 18.3 Å². The van der Waals surface area contributed by atoms with Crippen LogP contribution in [0.2, 0.25) is 0 Å². The summed E-state index contributed by atoms with van der Waals surface area (Å²) in [5.41, 5.74) is 0. The first-order valence-corrected chi connectivity index (χ1v) is 6.76. The van der Waals surface area contributed by atoms with E-state index in [-0.39, 0.29) is 6.04 Å². The van der Waals surface area contributed by atoms with Gasteiger partial charge in [-0.3, -0.25) is 9.78 Å². The molecular weight excluding hydrogens is 226 g/mol. The second-order valence-corrected chi connectivity index (χ2v) is 5.08. The predicted molar refractivity (Wildman–Crippen MR) is 68.2 cm³/mol. The monoisotopic (exact) mass is 245 g/mol. The van der Waals surface area contributed by atoms with Crippen molar-refractivity contribution in [1.29, 1.82) is 0 Å². The lowest BCUT2D eigenvalue weighted by Gasteiger charge is -2.18. The van der Waals surface area contributed by atoms with Gasteiger partial charge in [0.2, 0.25) is 0 Å². The minimum atomic E-state index is 0.0913. The first-order chi connectivity index (χ1) is 8.84. The van der Waals surface area contributed by atoms with Crippen molar-refractivity contribution in [2.45, 2.75) is 51.0 Å². The summed E-state index contributed by atoms with van der Waals surface area (Å²) in [6, 6.07) is 2.01. The van der Waals surface area contributed by atoms with Gasteiger partial charge in [0.15, 0.2) is 5.82 Å². The van der Waals surface area contributed by atoms with Crippen LogP contribution in [0.5, 0.6) is 0 Å². The standard InChI is InChI=1S/C13H19N5/c1-10(18-9-5-8-14-18)12-15-13(17-16-12)11-6-3-2-4-7-11/h5,8-11H,2-4,6-7H2,1H3,(H,15,16,17). The second kappa shape index (κ2) is 4.92. The normalized spacial score (nSPS) is 18.9. The summed E-state index contributed by atoms with van der Waals surface area (Å²) in [7, 11) is 0. The number of hydrogen-bond acceptors (Lipinski definition) is 3. The zero-order chi connectivity index (χ0) is 12.4. The molecule has 1 fully saturated rings. The van der Waals surface area contributed by atoms with E-state index < -0.39 is 0 Å². The molecule has 0 radical (unpaired) electrons. The zero-order valence-corrected chi connectivity index (χ0v) is 10.7. The molecular formula is C13H19N5. The number of nitrogens with zero attached hydrogens (tertiary/aromatic N) is 4. The fraction of sp³-hybridized carbons (Fsp3) is 0.615. The molecule has 96 valence electrons. The lowest BCUT2D eigenvalue weighted by Crippen LogP contribution is -2.09. The maximum absolute atomic E-state index is 4.66.